The number of anilines is 1. The first-order chi connectivity index (χ1) is 10.0. The van der Waals surface area contributed by atoms with E-state index in [0.717, 1.165) is 12.1 Å². The number of rotatable bonds is 5. The summed E-state index contributed by atoms with van der Waals surface area (Å²) in [5.41, 5.74) is 2.16. The molecule has 0 radical (unpaired) electrons. The maximum atomic E-state index is 12.2. The van der Waals surface area contributed by atoms with Gasteiger partial charge in [0.05, 0.1) is 24.6 Å². The molecule has 0 bridgehead atoms. The van der Waals surface area contributed by atoms with Crippen LogP contribution < -0.4 is 10.1 Å². The molecule has 0 atom stereocenters. The third-order valence-corrected chi connectivity index (χ3v) is 3.49. The number of methoxy groups -OCH3 is 1. The van der Waals surface area contributed by atoms with Gasteiger partial charge in [0.1, 0.15) is 5.75 Å². The molecule has 21 heavy (non-hydrogen) atoms. The van der Waals surface area contributed by atoms with E-state index in [1.54, 1.807) is 13.2 Å². The quantitative estimate of drug-likeness (QED) is 0.896. The predicted molar refractivity (Wildman–Crippen MR) is 84.7 cm³/mol. The highest BCUT2D eigenvalue weighted by molar-refractivity contribution is 9.10. The Kier molecular flexibility index (Phi) is 5.03. The van der Waals surface area contributed by atoms with Crippen molar-refractivity contribution in [1.29, 1.82) is 0 Å². The molecule has 0 saturated heterocycles. The summed E-state index contributed by atoms with van der Waals surface area (Å²) in [6, 6.07) is 7.33. The minimum Gasteiger partial charge on any atom is -0.495 e. The molecular formula is C15H17BrN2O3. The van der Waals surface area contributed by atoms with Crippen molar-refractivity contribution in [2.45, 2.75) is 6.54 Å². The molecule has 0 spiro atoms. The van der Waals surface area contributed by atoms with Gasteiger partial charge in [-0.2, -0.15) is 0 Å². The number of halogens is 1. The summed E-state index contributed by atoms with van der Waals surface area (Å²) in [6.45, 7) is 0.780. The van der Waals surface area contributed by atoms with Crippen LogP contribution in [0, 0.1) is 0 Å². The average Bonchev–Trinajstić information content (AvgIpc) is 2.84. The topological polar surface area (TPSA) is 54.7 Å². The van der Waals surface area contributed by atoms with E-state index >= 15 is 0 Å². The van der Waals surface area contributed by atoms with Crippen molar-refractivity contribution in [1.82, 2.24) is 4.90 Å². The number of furan rings is 1. The van der Waals surface area contributed by atoms with Crippen LogP contribution in [-0.2, 0) is 6.54 Å². The molecule has 0 aliphatic heterocycles. The summed E-state index contributed by atoms with van der Waals surface area (Å²) in [7, 11) is 5.56. The van der Waals surface area contributed by atoms with Gasteiger partial charge in [0, 0.05) is 6.54 Å². The number of nitrogens with zero attached hydrogens (tertiary/aromatic N) is 1. The Hall–Kier alpha value is -1.79. The standard InChI is InChI=1S/C15H17BrN2O3/c1-18(2)9-10-4-5-13(20-3)12(8-10)17-15(19)11-6-7-21-14(11)16/h4-8H,9H2,1-3H3,(H,17,19). The molecule has 0 unspecified atom stereocenters. The predicted octanol–water partition coefficient (Wildman–Crippen LogP) is 3.36. The molecule has 2 rings (SSSR count). The largest absolute Gasteiger partial charge is 0.495 e. The van der Waals surface area contributed by atoms with E-state index in [1.165, 1.54) is 6.26 Å². The zero-order chi connectivity index (χ0) is 15.4. The van der Waals surface area contributed by atoms with Crippen LogP contribution in [0.1, 0.15) is 15.9 Å². The van der Waals surface area contributed by atoms with Crippen LogP contribution in [0.25, 0.3) is 0 Å². The first-order valence-corrected chi connectivity index (χ1v) is 7.16. The van der Waals surface area contributed by atoms with Crippen LogP contribution in [0.3, 0.4) is 0 Å². The summed E-state index contributed by atoms with van der Waals surface area (Å²) in [4.78, 5) is 14.3. The second kappa shape index (κ2) is 6.78. The van der Waals surface area contributed by atoms with Crippen molar-refractivity contribution in [2.24, 2.45) is 0 Å². The minimum atomic E-state index is -0.254. The molecule has 1 heterocycles. The van der Waals surface area contributed by atoms with Crippen molar-refractivity contribution in [2.75, 3.05) is 26.5 Å². The van der Waals surface area contributed by atoms with Gasteiger partial charge in [-0.1, -0.05) is 6.07 Å². The van der Waals surface area contributed by atoms with Gasteiger partial charge in [0.25, 0.3) is 5.91 Å². The summed E-state index contributed by atoms with van der Waals surface area (Å²) in [5.74, 6) is 0.362. The normalized spacial score (nSPS) is 10.7. The molecule has 2 aromatic rings. The maximum Gasteiger partial charge on any atom is 0.260 e. The van der Waals surface area contributed by atoms with Crippen molar-refractivity contribution >= 4 is 27.5 Å². The summed E-state index contributed by atoms with van der Waals surface area (Å²) in [6.07, 6.45) is 1.46. The Morgan fingerprint density at radius 2 is 2.14 bits per heavy atom. The molecule has 6 heteroatoms. The van der Waals surface area contributed by atoms with Gasteiger partial charge in [-0.25, -0.2) is 0 Å². The summed E-state index contributed by atoms with van der Waals surface area (Å²) >= 11 is 3.20. The Bertz CT molecular complexity index is 638. The fourth-order valence-corrected chi connectivity index (χ4v) is 2.38. The third-order valence-electron chi connectivity index (χ3n) is 2.87. The monoisotopic (exact) mass is 352 g/mol. The summed E-state index contributed by atoms with van der Waals surface area (Å²) in [5, 5.41) is 2.85. The molecule has 1 aromatic carbocycles. The molecule has 0 saturated carbocycles. The number of amides is 1. The fraction of sp³-hybridized carbons (Fsp3) is 0.267. The van der Waals surface area contributed by atoms with Crippen LogP contribution in [0.2, 0.25) is 0 Å². The highest BCUT2D eigenvalue weighted by Gasteiger charge is 2.15. The number of benzene rings is 1. The zero-order valence-corrected chi connectivity index (χ0v) is 13.7. The average molecular weight is 353 g/mol. The van der Waals surface area contributed by atoms with Crippen LogP contribution >= 0.6 is 15.9 Å². The van der Waals surface area contributed by atoms with Crippen LogP contribution in [0.5, 0.6) is 5.75 Å². The van der Waals surface area contributed by atoms with E-state index in [2.05, 4.69) is 26.1 Å². The Morgan fingerprint density at radius 1 is 1.38 bits per heavy atom. The van der Waals surface area contributed by atoms with Gasteiger partial charge < -0.3 is 19.4 Å². The minimum absolute atomic E-state index is 0.254. The smallest absolute Gasteiger partial charge is 0.260 e. The van der Waals surface area contributed by atoms with Crippen molar-refractivity contribution in [3.63, 3.8) is 0 Å². The lowest BCUT2D eigenvalue weighted by Gasteiger charge is -2.14. The molecule has 1 N–H and O–H groups in total. The van der Waals surface area contributed by atoms with Crippen molar-refractivity contribution < 1.29 is 13.9 Å². The first-order valence-electron chi connectivity index (χ1n) is 6.37. The lowest BCUT2D eigenvalue weighted by molar-refractivity contribution is 0.102. The van der Waals surface area contributed by atoms with E-state index in [0.29, 0.717) is 21.7 Å². The molecule has 1 aromatic heterocycles. The van der Waals surface area contributed by atoms with Gasteiger partial charge in [-0.05, 0) is 53.8 Å². The zero-order valence-electron chi connectivity index (χ0n) is 12.1. The number of hydrogen-bond donors (Lipinski definition) is 1. The SMILES string of the molecule is COc1ccc(CN(C)C)cc1NC(=O)c1ccoc1Br. The number of ether oxygens (including phenoxy) is 1. The lowest BCUT2D eigenvalue weighted by atomic mass is 10.1. The first kappa shape index (κ1) is 15.6. The van der Waals surface area contributed by atoms with Gasteiger partial charge in [0.15, 0.2) is 4.67 Å². The van der Waals surface area contributed by atoms with E-state index < -0.39 is 0 Å². The fourth-order valence-electron chi connectivity index (χ4n) is 1.96. The summed E-state index contributed by atoms with van der Waals surface area (Å²) < 4.78 is 10.8. The highest BCUT2D eigenvalue weighted by Crippen LogP contribution is 2.27. The Morgan fingerprint density at radius 3 is 2.71 bits per heavy atom. The maximum absolute atomic E-state index is 12.2. The number of hydrogen-bond acceptors (Lipinski definition) is 4. The molecule has 0 fully saturated rings. The highest BCUT2D eigenvalue weighted by atomic mass is 79.9. The van der Waals surface area contributed by atoms with Gasteiger partial charge in [-0.15, -0.1) is 0 Å². The van der Waals surface area contributed by atoms with Gasteiger partial charge in [-0.3, -0.25) is 4.79 Å². The van der Waals surface area contributed by atoms with Gasteiger partial charge in [0.2, 0.25) is 0 Å². The molecular weight excluding hydrogens is 336 g/mol. The van der Waals surface area contributed by atoms with Crippen LogP contribution in [0.15, 0.2) is 39.6 Å². The van der Waals surface area contributed by atoms with Crippen molar-refractivity contribution in [3.05, 3.63) is 46.3 Å². The Balaban J connectivity index is 2.25. The Labute approximate surface area is 132 Å². The van der Waals surface area contributed by atoms with Crippen LogP contribution in [-0.4, -0.2) is 32.0 Å². The molecule has 1 amide bonds. The molecule has 5 nitrogen and oxygen atoms in total. The second-order valence-electron chi connectivity index (χ2n) is 4.83. The van der Waals surface area contributed by atoms with Gasteiger partial charge >= 0.3 is 0 Å². The molecule has 112 valence electrons. The third kappa shape index (κ3) is 3.86. The van der Waals surface area contributed by atoms with E-state index in [1.807, 2.05) is 32.3 Å². The van der Waals surface area contributed by atoms with Crippen LogP contribution in [0.4, 0.5) is 5.69 Å². The number of carbonyl (C=O) groups excluding carboxylic acids is 1. The van der Waals surface area contributed by atoms with E-state index in [4.69, 9.17) is 9.15 Å². The van der Waals surface area contributed by atoms with E-state index in [9.17, 15) is 4.79 Å². The van der Waals surface area contributed by atoms with Crippen molar-refractivity contribution in [3.8, 4) is 5.75 Å². The molecule has 0 aliphatic carbocycles. The number of carbonyl (C=O) groups is 1. The van der Waals surface area contributed by atoms with E-state index in [-0.39, 0.29) is 5.91 Å². The lowest BCUT2D eigenvalue weighted by Crippen LogP contribution is -2.14. The number of nitrogens with one attached hydrogen (secondary N) is 1. The molecule has 0 aliphatic rings. The second-order valence-corrected chi connectivity index (χ2v) is 5.55.